The number of hydrogen-bond acceptors (Lipinski definition) is 4. The van der Waals surface area contributed by atoms with Crippen molar-refractivity contribution in [1.29, 1.82) is 0 Å². The molecule has 2 heterocycles. The molecule has 1 aromatic carbocycles. The minimum Gasteiger partial charge on any atom is -0.390 e. The molecule has 2 fully saturated rings. The number of aromatic amines is 1. The van der Waals surface area contributed by atoms with Gasteiger partial charge in [0.25, 0.3) is 0 Å². The number of H-pyrrole nitrogens is 1. The third kappa shape index (κ3) is 2.75. The average Bonchev–Trinajstić information content (AvgIpc) is 2.90. The first kappa shape index (κ1) is 15.7. The fourth-order valence-electron chi connectivity index (χ4n) is 4.25. The zero-order valence-electron chi connectivity index (χ0n) is 13.3. The Labute approximate surface area is 138 Å². The van der Waals surface area contributed by atoms with Gasteiger partial charge in [0.2, 0.25) is 0 Å². The van der Waals surface area contributed by atoms with E-state index in [1.165, 1.54) is 18.2 Å². The van der Waals surface area contributed by atoms with E-state index in [0.717, 1.165) is 13.1 Å². The Morgan fingerprint density at radius 3 is 2.50 bits per heavy atom. The molecule has 0 amide bonds. The number of aliphatic hydroxyl groups is 2. The molecular weight excluding hydrogens is 311 g/mol. The van der Waals surface area contributed by atoms with Crippen molar-refractivity contribution in [2.75, 3.05) is 13.1 Å². The number of benzene rings is 1. The van der Waals surface area contributed by atoms with Crippen LogP contribution in [0.3, 0.4) is 0 Å². The Bertz CT molecular complexity index is 804. The van der Waals surface area contributed by atoms with Crippen LogP contribution < -0.4 is 5.43 Å². The predicted molar refractivity (Wildman–Crippen MR) is 88.0 cm³/mol. The Morgan fingerprint density at radius 1 is 1.17 bits per heavy atom. The smallest absolute Gasteiger partial charge is 0.189 e. The highest BCUT2D eigenvalue weighted by Gasteiger charge is 2.40. The van der Waals surface area contributed by atoms with Crippen LogP contribution in [0.4, 0.5) is 4.39 Å². The lowest BCUT2D eigenvalue weighted by Gasteiger charge is -2.32. The minimum absolute atomic E-state index is 0.180. The van der Waals surface area contributed by atoms with Crippen molar-refractivity contribution in [2.45, 2.75) is 31.6 Å². The average molecular weight is 332 g/mol. The van der Waals surface area contributed by atoms with Gasteiger partial charge >= 0.3 is 0 Å². The maximum atomic E-state index is 13.9. The van der Waals surface area contributed by atoms with Crippen LogP contribution in [0.1, 0.15) is 18.5 Å². The summed E-state index contributed by atoms with van der Waals surface area (Å²) in [6.07, 6.45) is -0.0438. The molecule has 1 saturated carbocycles. The summed E-state index contributed by atoms with van der Waals surface area (Å²) in [5.41, 5.74) is 0.764. The van der Waals surface area contributed by atoms with Crippen LogP contribution in [0.5, 0.6) is 0 Å². The molecule has 4 atom stereocenters. The van der Waals surface area contributed by atoms with Gasteiger partial charge in [-0.3, -0.25) is 9.69 Å². The lowest BCUT2D eigenvalue weighted by Crippen LogP contribution is -2.38. The van der Waals surface area contributed by atoms with E-state index in [4.69, 9.17) is 0 Å². The summed E-state index contributed by atoms with van der Waals surface area (Å²) in [4.78, 5) is 17.4. The first-order valence-corrected chi connectivity index (χ1v) is 8.40. The Hall–Kier alpha value is -1.76. The van der Waals surface area contributed by atoms with Crippen molar-refractivity contribution in [2.24, 2.45) is 11.8 Å². The van der Waals surface area contributed by atoms with Gasteiger partial charge in [0.1, 0.15) is 5.82 Å². The van der Waals surface area contributed by atoms with Crippen molar-refractivity contribution < 1.29 is 14.6 Å². The molecule has 4 rings (SSSR count). The van der Waals surface area contributed by atoms with Crippen molar-refractivity contribution in [3.8, 4) is 0 Å². The number of aromatic nitrogens is 1. The molecule has 0 spiro atoms. The zero-order valence-corrected chi connectivity index (χ0v) is 13.3. The Kier molecular flexibility index (Phi) is 3.90. The fourth-order valence-corrected chi connectivity index (χ4v) is 4.25. The van der Waals surface area contributed by atoms with Crippen LogP contribution in [0.15, 0.2) is 29.1 Å². The van der Waals surface area contributed by atoms with Gasteiger partial charge < -0.3 is 15.2 Å². The highest BCUT2D eigenvalue weighted by Crippen LogP contribution is 2.36. The summed E-state index contributed by atoms with van der Waals surface area (Å²) in [5, 5.41) is 20.0. The quantitative estimate of drug-likeness (QED) is 0.773. The molecule has 5 nitrogen and oxygen atoms in total. The molecule has 3 N–H and O–H groups in total. The lowest BCUT2D eigenvalue weighted by atomic mass is 9.79. The second-order valence-electron chi connectivity index (χ2n) is 7.14. The van der Waals surface area contributed by atoms with E-state index < -0.39 is 18.0 Å². The number of aliphatic hydroxyl groups excluding tert-OH is 2. The van der Waals surface area contributed by atoms with Crippen LogP contribution in [0.25, 0.3) is 10.9 Å². The molecule has 24 heavy (non-hydrogen) atoms. The van der Waals surface area contributed by atoms with E-state index in [1.54, 1.807) is 6.07 Å². The summed E-state index contributed by atoms with van der Waals surface area (Å²) in [7, 11) is 0. The minimum atomic E-state index is -0.638. The molecule has 1 saturated heterocycles. The molecule has 0 radical (unpaired) electrons. The van der Waals surface area contributed by atoms with Crippen LogP contribution in [-0.2, 0) is 6.54 Å². The second kappa shape index (κ2) is 5.95. The van der Waals surface area contributed by atoms with E-state index in [2.05, 4.69) is 9.88 Å². The summed E-state index contributed by atoms with van der Waals surface area (Å²) < 4.78 is 13.9. The number of hydrogen-bond donors (Lipinski definition) is 3. The first-order valence-electron chi connectivity index (χ1n) is 8.40. The number of likely N-dealkylation sites (tertiary alicyclic amines) is 1. The van der Waals surface area contributed by atoms with E-state index >= 15 is 0 Å². The number of rotatable bonds is 2. The molecule has 2 aromatic rings. The summed E-state index contributed by atoms with van der Waals surface area (Å²) in [6.45, 7) is 2.19. The van der Waals surface area contributed by atoms with Gasteiger partial charge in [-0.15, -0.1) is 0 Å². The highest BCUT2D eigenvalue weighted by atomic mass is 19.1. The Morgan fingerprint density at radius 2 is 1.83 bits per heavy atom. The van der Waals surface area contributed by atoms with Crippen LogP contribution in [0, 0.1) is 17.7 Å². The third-order valence-corrected chi connectivity index (χ3v) is 5.45. The monoisotopic (exact) mass is 332 g/mol. The first-order chi connectivity index (χ1) is 11.5. The maximum Gasteiger partial charge on any atom is 0.189 e. The number of para-hydroxylation sites is 1. The molecule has 0 unspecified atom stereocenters. The summed E-state index contributed by atoms with van der Waals surface area (Å²) in [6, 6.07) is 6.03. The van der Waals surface area contributed by atoms with Gasteiger partial charge in [-0.05, 0) is 36.8 Å². The normalized spacial score (nSPS) is 30.6. The van der Waals surface area contributed by atoms with Crippen LogP contribution >= 0.6 is 0 Å². The van der Waals surface area contributed by atoms with Crippen molar-refractivity contribution in [3.05, 3.63) is 46.0 Å². The number of fused-ring (bicyclic) bond motifs is 2. The third-order valence-electron chi connectivity index (χ3n) is 5.45. The largest absolute Gasteiger partial charge is 0.390 e. The van der Waals surface area contributed by atoms with E-state index in [1.807, 2.05) is 0 Å². The van der Waals surface area contributed by atoms with Gasteiger partial charge in [0, 0.05) is 36.8 Å². The number of nitrogens with zero attached hydrogens (tertiary/aromatic N) is 1. The highest BCUT2D eigenvalue weighted by molar-refractivity contribution is 5.78. The molecule has 6 heteroatoms. The van der Waals surface area contributed by atoms with E-state index in [-0.39, 0.29) is 10.9 Å². The van der Waals surface area contributed by atoms with Gasteiger partial charge in [0.15, 0.2) is 5.43 Å². The molecule has 0 bridgehead atoms. The molecule has 1 aliphatic carbocycles. The van der Waals surface area contributed by atoms with Gasteiger partial charge in [-0.1, -0.05) is 6.07 Å². The molecular formula is C18H21FN2O3. The maximum absolute atomic E-state index is 13.9. The lowest BCUT2D eigenvalue weighted by molar-refractivity contribution is -0.0372. The zero-order chi connectivity index (χ0) is 16.8. The standard InChI is InChI=1S/C18H21FN2O3/c19-14-3-1-2-13-15(22)6-12(20-18(13)14)9-21-7-10-4-16(23)17(24)5-11(10)8-21/h1-3,6,10-11,16-17,23-24H,4-5,7-9H2,(H,20,22)/t10-,11+,16-,17-/m0/s1. The number of halogens is 1. The van der Waals surface area contributed by atoms with Crippen molar-refractivity contribution >= 4 is 10.9 Å². The summed E-state index contributed by atoms with van der Waals surface area (Å²) >= 11 is 0. The topological polar surface area (TPSA) is 76.6 Å². The van der Waals surface area contributed by atoms with Gasteiger partial charge in [0.05, 0.1) is 17.7 Å². The summed E-state index contributed by atoms with van der Waals surface area (Å²) in [5.74, 6) is 0.312. The second-order valence-corrected chi connectivity index (χ2v) is 7.14. The van der Waals surface area contributed by atoms with Crippen LogP contribution in [0.2, 0.25) is 0 Å². The van der Waals surface area contributed by atoms with Crippen molar-refractivity contribution in [1.82, 2.24) is 9.88 Å². The predicted octanol–water partition coefficient (Wildman–Crippen LogP) is 1.23. The van der Waals surface area contributed by atoms with Crippen molar-refractivity contribution in [3.63, 3.8) is 0 Å². The van der Waals surface area contributed by atoms with Crippen LogP contribution in [-0.4, -0.2) is 45.4 Å². The number of nitrogens with one attached hydrogen (secondary N) is 1. The van der Waals surface area contributed by atoms with E-state index in [9.17, 15) is 19.4 Å². The fraction of sp³-hybridized carbons (Fsp3) is 0.500. The molecule has 1 aliphatic heterocycles. The number of pyridine rings is 1. The molecule has 1 aromatic heterocycles. The van der Waals surface area contributed by atoms with Gasteiger partial charge in [-0.2, -0.15) is 0 Å². The van der Waals surface area contributed by atoms with E-state index in [0.29, 0.717) is 42.3 Å². The van der Waals surface area contributed by atoms with Gasteiger partial charge in [-0.25, -0.2) is 4.39 Å². The molecule has 2 aliphatic rings. The Balaban J connectivity index is 1.55. The SMILES string of the molecule is O=c1cc(CN2C[C@H]3C[C@H](O)[C@@H](O)C[C@H]3C2)[nH]c2c(F)cccc12. The molecule has 128 valence electrons.